The quantitative estimate of drug-likeness (QED) is 0.396. The van der Waals surface area contributed by atoms with Crippen molar-refractivity contribution in [3.8, 4) is 22.8 Å². The Morgan fingerprint density at radius 3 is 2.62 bits per heavy atom. The first-order valence-corrected chi connectivity index (χ1v) is 10.7. The predicted molar refractivity (Wildman–Crippen MR) is 121 cm³/mol. The van der Waals surface area contributed by atoms with E-state index in [-0.39, 0.29) is 17.2 Å². The summed E-state index contributed by atoms with van der Waals surface area (Å²) in [6, 6.07) is 16.7. The van der Waals surface area contributed by atoms with Crippen molar-refractivity contribution in [3.05, 3.63) is 70.5 Å². The zero-order chi connectivity index (χ0) is 22.5. The van der Waals surface area contributed by atoms with Gasteiger partial charge >= 0.3 is 0 Å². The molecule has 2 aromatic carbocycles. The number of aromatic nitrogens is 4. The summed E-state index contributed by atoms with van der Waals surface area (Å²) in [7, 11) is 3.12. The van der Waals surface area contributed by atoms with E-state index in [1.54, 1.807) is 32.4 Å². The van der Waals surface area contributed by atoms with Gasteiger partial charge in [-0.15, -0.1) is 5.10 Å². The number of H-pyrrole nitrogens is 1. The van der Waals surface area contributed by atoms with Gasteiger partial charge in [-0.1, -0.05) is 42.1 Å². The lowest BCUT2D eigenvalue weighted by Crippen LogP contribution is -2.25. The van der Waals surface area contributed by atoms with Crippen LogP contribution >= 0.6 is 11.8 Å². The molecule has 32 heavy (non-hydrogen) atoms. The lowest BCUT2D eigenvalue weighted by molar-refractivity contribution is -0.118. The van der Waals surface area contributed by atoms with Crippen LogP contribution in [0.1, 0.15) is 5.56 Å². The first kappa shape index (κ1) is 21.4. The molecule has 1 amide bonds. The summed E-state index contributed by atoms with van der Waals surface area (Å²) in [5.74, 6) is 1.13. The van der Waals surface area contributed by atoms with E-state index in [2.05, 4.69) is 20.6 Å². The highest BCUT2D eigenvalue weighted by atomic mass is 32.2. The van der Waals surface area contributed by atoms with E-state index < -0.39 is 0 Å². The minimum Gasteiger partial charge on any atom is -0.493 e. The summed E-state index contributed by atoms with van der Waals surface area (Å²) in [5, 5.41) is 14.3. The lowest BCUT2D eigenvalue weighted by Gasteiger charge is -2.08. The number of nitrogens with one attached hydrogen (secondary N) is 2. The number of hydrogen-bond donors (Lipinski definition) is 2. The fourth-order valence-corrected chi connectivity index (χ4v) is 3.83. The Labute approximate surface area is 187 Å². The van der Waals surface area contributed by atoms with Gasteiger partial charge in [0.2, 0.25) is 11.1 Å². The molecule has 2 N–H and O–H groups in total. The van der Waals surface area contributed by atoms with Crippen LogP contribution in [0.25, 0.3) is 16.8 Å². The van der Waals surface area contributed by atoms with E-state index in [9.17, 15) is 9.59 Å². The Morgan fingerprint density at radius 1 is 1.09 bits per heavy atom. The number of nitrogens with zero attached hydrogens (tertiary/aromatic N) is 3. The Kier molecular flexibility index (Phi) is 6.41. The van der Waals surface area contributed by atoms with Crippen LogP contribution in [0, 0.1) is 0 Å². The monoisotopic (exact) mass is 451 g/mol. The molecule has 4 rings (SSSR count). The van der Waals surface area contributed by atoms with Crippen LogP contribution in [0.4, 0.5) is 0 Å². The van der Waals surface area contributed by atoms with Crippen LogP contribution in [-0.4, -0.2) is 45.7 Å². The number of benzene rings is 2. The minimum atomic E-state index is -0.373. The lowest BCUT2D eigenvalue weighted by atomic mass is 10.1. The van der Waals surface area contributed by atoms with Gasteiger partial charge < -0.3 is 14.8 Å². The number of methoxy groups -OCH3 is 2. The number of carbonyl (C=O) groups is 1. The van der Waals surface area contributed by atoms with Crippen molar-refractivity contribution in [2.75, 3.05) is 20.0 Å². The number of hydrogen-bond acceptors (Lipinski definition) is 7. The Bertz CT molecular complexity index is 1300. The number of aromatic amines is 1. The molecule has 9 nitrogen and oxygen atoms in total. The molecule has 0 aliphatic carbocycles. The van der Waals surface area contributed by atoms with Crippen LogP contribution in [-0.2, 0) is 11.3 Å². The predicted octanol–water partition coefficient (Wildman–Crippen LogP) is 2.51. The number of thioether (sulfide) groups is 1. The van der Waals surface area contributed by atoms with Crippen molar-refractivity contribution >= 4 is 23.2 Å². The van der Waals surface area contributed by atoms with Crippen molar-refractivity contribution in [1.82, 2.24) is 25.1 Å². The van der Waals surface area contributed by atoms with Gasteiger partial charge in [-0.2, -0.15) is 5.10 Å². The van der Waals surface area contributed by atoms with Crippen molar-refractivity contribution in [2.45, 2.75) is 11.7 Å². The Morgan fingerprint density at radius 2 is 1.88 bits per heavy atom. The molecule has 2 aromatic heterocycles. The van der Waals surface area contributed by atoms with Gasteiger partial charge in [0.25, 0.3) is 5.56 Å². The second-order valence-electron chi connectivity index (χ2n) is 6.78. The fourth-order valence-electron chi connectivity index (χ4n) is 3.10. The molecule has 2 heterocycles. The third-order valence-electron chi connectivity index (χ3n) is 4.72. The van der Waals surface area contributed by atoms with Crippen molar-refractivity contribution in [2.24, 2.45) is 0 Å². The van der Waals surface area contributed by atoms with E-state index in [1.165, 1.54) is 16.3 Å². The zero-order valence-corrected chi connectivity index (χ0v) is 18.3. The topological polar surface area (TPSA) is 111 Å². The summed E-state index contributed by atoms with van der Waals surface area (Å²) in [4.78, 5) is 24.5. The van der Waals surface area contributed by atoms with E-state index in [1.807, 2.05) is 36.4 Å². The van der Waals surface area contributed by atoms with Crippen molar-refractivity contribution in [3.63, 3.8) is 0 Å². The molecular formula is C22H21N5O4S. The molecule has 164 valence electrons. The molecule has 0 atom stereocenters. The second kappa shape index (κ2) is 9.56. The molecule has 0 aliphatic rings. The Hall–Kier alpha value is -3.79. The maximum Gasteiger partial charge on any atom is 0.290 e. The number of amides is 1. The van der Waals surface area contributed by atoms with Crippen LogP contribution in [0.15, 0.2) is 64.5 Å². The van der Waals surface area contributed by atoms with E-state index in [0.29, 0.717) is 34.4 Å². The molecule has 0 fully saturated rings. The van der Waals surface area contributed by atoms with Gasteiger partial charge in [0.15, 0.2) is 11.5 Å². The van der Waals surface area contributed by atoms with Gasteiger partial charge in [-0.3, -0.25) is 9.59 Å². The second-order valence-corrected chi connectivity index (χ2v) is 7.73. The molecule has 0 radical (unpaired) electrons. The average molecular weight is 452 g/mol. The van der Waals surface area contributed by atoms with E-state index in [4.69, 9.17) is 9.47 Å². The van der Waals surface area contributed by atoms with Crippen molar-refractivity contribution in [1.29, 1.82) is 0 Å². The summed E-state index contributed by atoms with van der Waals surface area (Å²) >= 11 is 1.19. The summed E-state index contributed by atoms with van der Waals surface area (Å²) in [6.45, 7) is 0.444. The van der Waals surface area contributed by atoms with Crippen LogP contribution in [0.2, 0.25) is 0 Å². The van der Waals surface area contributed by atoms with Crippen LogP contribution in [0.3, 0.4) is 0 Å². The summed E-state index contributed by atoms with van der Waals surface area (Å²) < 4.78 is 12.1. The third kappa shape index (κ3) is 4.59. The number of fused-ring (bicyclic) bond motifs is 1. The normalized spacial score (nSPS) is 10.8. The first-order chi connectivity index (χ1) is 15.6. The maximum atomic E-state index is 12.3. The average Bonchev–Trinajstić information content (AvgIpc) is 3.29. The van der Waals surface area contributed by atoms with Gasteiger partial charge in [-0.05, 0) is 29.8 Å². The molecule has 10 heteroatoms. The Balaban J connectivity index is 1.53. The standard InChI is InChI=1S/C22H21N5O4S/c1-30-18-9-8-15(10-19(18)31-2)16-11-17-21(29)24-25-22(27(17)26-16)32-13-20(28)23-12-14-6-4-3-5-7-14/h3-11H,12-13H2,1-2H3,(H,23,28)(H,24,29). The minimum absolute atomic E-state index is 0.131. The van der Waals surface area contributed by atoms with Crippen LogP contribution < -0.4 is 20.3 Å². The zero-order valence-electron chi connectivity index (χ0n) is 17.5. The largest absolute Gasteiger partial charge is 0.493 e. The molecule has 0 bridgehead atoms. The molecular weight excluding hydrogens is 430 g/mol. The number of ether oxygens (including phenoxy) is 2. The SMILES string of the molecule is COc1ccc(-c2cc3c(=O)[nH]nc(SCC(=O)NCc4ccccc4)n3n2)cc1OC. The smallest absolute Gasteiger partial charge is 0.290 e. The molecule has 0 saturated heterocycles. The third-order valence-corrected chi connectivity index (χ3v) is 5.65. The maximum absolute atomic E-state index is 12.3. The van der Waals surface area contributed by atoms with Gasteiger partial charge in [0.05, 0.1) is 25.7 Å². The molecule has 4 aromatic rings. The number of carbonyl (C=O) groups excluding carboxylic acids is 1. The van der Waals surface area contributed by atoms with E-state index in [0.717, 1.165) is 11.1 Å². The molecule has 0 saturated carbocycles. The molecule has 0 unspecified atom stereocenters. The highest BCUT2D eigenvalue weighted by Gasteiger charge is 2.15. The fraction of sp³-hybridized carbons (Fsp3) is 0.182. The molecule has 0 aliphatic heterocycles. The highest BCUT2D eigenvalue weighted by Crippen LogP contribution is 2.32. The van der Waals surface area contributed by atoms with Crippen LogP contribution in [0.5, 0.6) is 11.5 Å². The van der Waals surface area contributed by atoms with Gasteiger partial charge in [0, 0.05) is 12.1 Å². The highest BCUT2D eigenvalue weighted by molar-refractivity contribution is 7.99. The van der Waals surface area contributed by atoms with E-state index >= 15 is 0 Å². The van der Waals surface area contributed by atoms with Gasteiger partial charge in [0.1, 0.15) is 5.52 Å². The molecule has 0 spiro atoms. The summed E-state index contributed by atoms with van der Waals surface area (Å²) in [6.07, 6.45) is 0. The number of rotatable bonds is 8. The summed E-state index contributed by atoms with van der Waals surface area (Å²) in [5.41, 5.74) is 2.29. The first-order valence-electron chi connectivity index (χ1n) is 9.73. The van der Waals surface area contributed by atoms with Crippen molar-refractivity contribution < 1.29 is 14.3 Å². The van der Waals surface area contributed by atoms with Gasteiger partial charge in [-0.25, -0.2) is 9.61 Å².